The quantitative estimate of drug-likeness (QED) is 0.551. The number of halogens is 1. The Bertz CT molecular complexity index is 551. The summed E-state index contributed by atoms with van der Waals surface area (Å²) in [5.41, 5.74) is 5.75. The van der Waals surface area contributed by atoms with E-state index in [0.717, 1.165) is 10.0 Å². The Morgan fingerprint density at radius 1 is 1.29 bits per heavy atom. The highest BCUT2D eigenvalue weighted by Gasteiger charge is 2.06. The summed E-state index contributed by atoms with van der Waals surface area (Å²) in [7, 11) is 0. The molecule has 0 heterocycles. The molecule has 0 aliphatic heterocycles. The number of benzene rings is 1. The Morgan fingerprint density at radius 2 is 2.00 bits per heavy atom. The summed E-state index contributed by atoms with van der Waals surface area (Å²) in [6.07, 6.45) is 0.307. The number of thiocarbonyl (C=S) groups is 1. The minimum absolute atomic E-state index is 0.0367. The Morgan fingerprint density at radius 3 is 2.62 bits per heavy atom. The number of ether oxygens (including phenoxy) is 1. The van der Waals surface area contributed by atoms with E-state index in [2.05, 4.69) is 32.1 Å². The molecule has 8 heteroatoms. The van der Waals surface area contributed by atoms with Crippen LogP contribution in [-0.2, 0) is 9.59 Å². The van der Waals surface area contributed by atoms with E-state index >= 15 is 0 Å². The molecule has 114 valence electrons. The maximum Gasteiger partial charge on any atom is 0.276 e. The number of hydrogen-bond donors (Lipinski definition) is 3. The number of amides is 2. The van der Waals surface area contributed by atoms with E-state index in [1.165, 1.54) is 0 Å². The minimum atomic E-state index is -0.413. The molecule has 1 rings (SSSR count). The molecule has 0 atom stereocenters. The van der Waals surface area contributed by atoms with E-state index in [9.17, 15) is 9.59 Å². The smallest absolute Gasteiger partial charge is 0.276 e. The molecule has 3 N–H and O–H groups in total. The lowest BCUT2D eigenvalue weighted by Gasteiger charge is -2.11. The molecule has 2 amide bonds. The van der Waals surface area contributed by atoms with Gasteiger partial charge >= 0.3 is 0 Å². The van der Waals surface area contributed by atoms with E-state index in [0.29, 0.717) is 12.2 Å². The van der Waals surface area contributed by atoms with Gasteiger partial charge in [-0.25, -0.2) is 0 Å². The summed E-state index contributed by atoms with van der Waals surface area (Å²) in [5.74, 6) is -0.0558. The zero-order valence-electron chi connectivity index (χ0n) is 11.7. The van der Waals surface area contributed by atoms with Crippen LogP contribution in [0.25, 0.3) is 0 Å². The maximum atomic E-state index is 11.5. The van der Waals surface area contributed by atoms with Crippen molar-refractivity contribution in [3.8, 4) is 5.75 Å². The standard InChI is InChI=1S/C13H16BrN3O3S/c1-3-11(18)15-13(21)17-16-12(19)7-20-9-4-5-10(14)8(2)6-9/h4-6H,3,7H2,1-2H3,(H,16,19)(H2,15,17,18,21). The van der Waals surface area contributed by atoms with Gasteiger partial charge in [-0.2, -0.15) is 0 Å². The van der Waals surface area contributed by atoms with Gasteiger partial charge in [-0.15, -0.1) is 0 Å². The second-order valence-corrected chi connectivity index (χ2v) is 5.37. The average molecular weight is 374 g/mol. The summed E-state index contributed by atoms with van der Waals surface area (Å²) in [4.78, 5) is 22.6. The molecule has 0 bridgehead atoms. The molecular weight excluding hydrogens is 358 g/mol. The highest BCUT2D eigenvalue weighted by Crippen LogP contribution is 2.21. The van der Waals surface area contributed by atoms with Gasteiger partial charge in [-0.1, -0.05) is 22.9 Å². The van der Waals surface area contributed by atoms with Crippen LogP contribution in [0, 0.1) is 6.92 Å². The van der Waals surface area contributed by atoms with Crippen molar-refractivity contribution in [2.75, 3.05) is 6.61 Å². The van der Waals surface area contributed by atoms with Gasteiger partial charge < -0.3 is 10.1 Å². The molecule has 6 nitrogen and oxygen atoms in total. The molecule has 0 aliphatic carbocycles. The number of carbonyl (C=O) groups is 2. The van der Waals surface area contributed by atoms with E-state index in [-0.39, 0.29) is 17.6 Å². The van der Waals surface area contributed by atoms with Crippen LogP contribution in [0.4, 0.5) is 0 Å². The predicted octanol–water partition coefficient (Wildman–Crippen LogP) is 1.57. The number of carbonyl (C=O) groups excluding carboxylic acids is 2. The third kappa shape index (κ3) is 6.54. The summed E-state index contributed by atoms with van der Waals surface area (Å²) in [5, 5.41) is 2.43. The zero-order chi connectivity index (χ0) is 15.8. The number of aryl methyl sites for hydroxylation is 1. The molecule has 0 fully saturated rings. The van der Waals surface area contributed by atoms with Crippen LogP contribution < -0.4 is 20.9 Å². The van der Waals surface area contributed by atoms with E-state index in [1.807, 2.05) is 19.1 Å². The van der Waals surface area contributed by atoms with Crippen molar-refractivity contribution in [1.29, 1.82) is 0 Å². The summed E-state index contributed by atoms with van der Waals surface area (Å²) in [6.45, 7) is 3.45. The average Bonchev–Trinajstić information content (AvgIpc) is 2.46. The van der Waals surface area contributed by atoms with Crippen LogP contribution in [0.2, 0.25) is 0 Å². The fourth-order valence-electron chi connectivity index (χ4n) is 1.26. The van der Waals surface area contributed by atoms with Crippen molar-refractivity contribution in [3.63, 3.8) is 0 Å². The molecule has 1 aromatic carbocycles. The Labute approximate surface area is 136 Å². The second kappa shape index (κ2) is 8.58. The number of rotatable bonds is 4. The molecule has 0 spiro atoms. The third-order valence-electron chi connectivity index (χ3n) is 2.39. The molecule has 1 aromatic rings. The first-order valence-corrected chi connectivity index (χ1v) is 7.40. The van der Waals surface area contributed by atoms with Crippen molar-refractivity contribution in [2.24, 2.45) is 0 Å². The normalized spacial score (nSPS) is 9.67. The number of hydrazine groups is 1. The molecule has 21 heavy (non-hydrogen) atoms. The van der Waals surface area contributed by atoms with Gasteiger partial charge in [0.25, 0.3) is 5.91 Å². The Hall–Kier alpha value is -1.67. The number of hydrogen-bond acceptors (Lipinski definition) is 4. The van der Waals surface area contributed by atoms with Crippen LogP contribution in [0.3, 0.4) is 0 Å². The summed E-state index contributed by atoms with van der Waals surface area (Å²) in [6, 6.07) is 5.41. The molecular formula is C13H16BrN3O3S. The van der Waals surface area contributed by atoms with Gasteiger partial charge in [-0.3, -0.25) is 20.4 Å². The lowest BCUT2D eigenvalue weighted by molar-refractivity contribution is -0.124. The largest absolute Gasteiger partial charge is 0.484 e. The fourth-order valence-corrected chi connectivity index (χ4v) is 1.68. The molecule has 0 aromatic heterocycles. The first-order valence-electron chi connectivity index (χ1n) is 6.20. The summed E-state index contributed by atoms with van der Waals surface area (Å²) >= 11 is 8.20. The van der Waals surface area contributed by atoms with Crippen LogP contribution in [-0.4, -0.2) is 23.5 Å². The highest BCUT2D eigenvalue weighted by molar-refractivity contribution is 9.10. The lowest BCUT2D eigenvalue weighted by Crippen LogP contribution is -2.49. The summed E-state index contributed by atoms with van der Waals surface area (Å²) < 4.78 is 6.31. The van der Waals surface area contributed by atoms with Crippen LogP contribution in [0.1, 0.15) is 18.9 Å². The Balaban J connectivity index is 2.32. The van der Waals surface area contributed by atoms with Gasteiger partial charge in [-0.05, 0) is 42.9 Å². The van der Waals surface area contributed by atoms with Gasteiger partial charge in [0.15, 0.2) is 11.7 Å². The SMILES string of the molecule is CCC(=O)NC(=S)NNC(=O)COc1ccc(Br)c(C)c1. The van der Waals surface area contributed by atoms with Crippen molar-refractivity contribution in [3.05, 3.63) is 28.2 Å². The topological polar surface area (TPSA) is 79.5 Å². The first-order chi connectivity index (χ1) is 9.92. The molecule has 0 unspecified atom stereocenters. The van der Waals surface area contributed by atoms with Gasteiger partial charge in [0.1, 0.15) is 5.75 Å². The lowest BCUT2D eigenvalue weighted by atomic mass is 10.2. The first kappa shape index (κ1) is 17.4. The van der Waals surface area contributed by atoms with E-state index in [1.54, 1.807) is 13.0 Å². The Kier molecular flexibility index (Phi) is 7.10. The zero-order valence-corrected chi connectivity index (χ0v) is 14.1. The van der Waals surface area contributed by atoms with Crippen molar-refractivity contribution in [1.82, 2.24) is 16.2 Å². The minimum Gasteiger partial charge on any atom is -0.484 e. The van der Waals surface area contributed by atoms with Gasteiger partial charge in [0, 0.05) is 10.9 Å². The maximum absolute atomic E-state index is 11.5. The highest BCUT2D eigenvalue weighted by atomic mass is 79.9. The number of nitrogens with one attached hydrogen (secondary N) is 3. The molecule has 0 saturated heterocycles. The molecule has 0 saturated carbocycles. The predicted molar refractivity (Wildman–Crippen MR) is 86.7 cm³/mol. The third-order valence-corrected chi connectivity index (χ3v) is 3.48. The molecule has 0 aliphatic rings. The second-order valence-electron chi connectivity index (χ2n) is 4.10. The fraction of sp³-hybridized carbons (Fsp3) is 0.308. The van der Waals surface area contributed by atoms with Crippen molar-refractivity contribution >= 4 is 45.1 Å². The van der Waals surface area contributed by atoms with Gasteiger partial charge in [0.05, 0.1) is 0 Å². The van der Waals surface area contributed by atoms with Crippen LogP contribution in [0.5, 0.6) is 5.75 Å². The van der Waals surface area contributed by atoms with Gasteiger partial charge in [0.2, 0.25) is 5.91 Å². The van der Waals surface area contributed by atoms with E-state index < -0.39 is 5.91 Å². The van der Waals surface area contributed by atoms with Crippen LogP contribution >= 0.6 is 28.1 Å². The monoisotopic (exact) mass is 373 g/mol. The molecule has 0 radical (unpaired) electrons. The van der Waals surface area contributed by atoms with E-state index in [4.69, 9.17) is 17.0 Å². The van der Waals surface area contributed by atoms with Crippen LogP contribution in [0.15, 0.2) is 22.7 Å². The van der Waals surface area contributed by atoms with Crippen molar-refractivity contribution < 1.29 is 14.3 Å². The van der Waals surface area contributed by atoms with Crippen molar-refractivity contribution in [2.45, 2.75) is 20.3 Å².